The fourth-order valence-corrected chi connectivity index (χ4v) is 1.92. The van der Waals surface area contributed by atoms with E-state index in [1.54, 1.807) is 7.11 Å². The second-order valence-corrected chi connectivity index (χ2v) is 4.49. The van der Waals surface area contributed by atoms with Gasteiger partial charge in [-0.25, -0.2) is 0 Å². The maximum Gasteiger partial charge on any atom is 0.0589 e. The van der Waals surface area contributed by atoms with Crippen LogP contribution in [0.15, 0.2) is 0 Å². The molecule has 1 aliphatic rings. The number of nitrogens with zero attached hydrogens (tertiary/aromatic N) is 1. The van der Waals surface area contributed by atoms with Crippen molar-refractivity contribution in [1.29, 1.82) is 0 Å². The summed E-state index contributed by atoms with van der Waals surface area (Å²) in [5.41, 5.74) is 0. The Morgan fingerprint density at radius 2 is 2.06 bits per heavy atom. The quantitative estimate of drug-likeness (QED) is 0.623. The highest BCUT2D eigenvalue weighted by Crippen LogP contribution is 2.05. The molecular weight excluding hydrogens is 204 g/mol. The summed E-state index contributed by atoms with van der Waals surface area (Å²) in [7, 11) is 3.90. The average molecular weight is 230 g/mol. The summed E-state index contributed by atoms with van der Waals surface area (Å²) in [4.78, 5) is 2.31. The average Bonchev–Trinajstić information content (AvgIpc) is 2.33. The van der Waals surface area contributed by atoms with Gasteiger partial charge in [-0.05, 0) is 39.4 Å². The van der Waals surface area contributed by atoms with Crippen molar-refractivity contribution in [3.05, 3.63) is 0 Å². The maximum absolute atomic E-state index is 5.33. The molecule has 0 aromatic heterocycles. The molecule has 0 atom stereocenters. The number of hydrogen-bond acceptors (Lipinski definition) is 4. The van der Waals surface area contributed by atoms with Crippen LogP contribution < -0.4 is 5.32 Å². The number of hydrogen-bond donors (Lipinski definition) is 1. The molecule has 1 N–H and O–H groups in total. The van der Waals surface area contributed by atoms with Crippen LogP contribution in [-0.4, -0.2) is 64.6 Å². The first-order valence-electron chi connectivity index (χ1n) is 6.31. The number of ether oxygens (including phenoxy) is 2. The zero-order valence-electron chi connectivity index (χ0n) is 10.7. The molecule has 1 heterocycles. The van der Waals surface area contributed by atoms with Gasteiger partial charge in [0.1, 0.15) is 0 Å². The molecule has 0 unspecified atom stereocenters. The molecule has 0 bridgehead atoms. The molecule has 0 radical (unpaired) electrons. The second kappa shape index (κ2) is 8.93. The highest BCUT2D eigenvalue weighted by molar-refractivity contribution is 4.70. The van der Waals surface area contributed by atoms with E-state index in [0.717, 1.165) is 39.5 Å². The lowest BCUT2D eigenvalue weighted by Crippen LogP contribution is -2.36. The van der Waals surface area contributed by atoms with Gasteiger partial charge in [-0.15, -0.1) is 0 Å². The van der Waals surface area contributed by atoms with E-state index in [1.165, 1.54) is 19.3 Å². The summed E-state index contributed by atoms with van der Waals surface area (Å²) >= 11 is 0. The van der Waals surface area contributed by atoms with Crippen LogP contribution in [0.2, 0.25) is 0 Å². The van der Waals surface area contributed by atoms with Gasteiger partial charge in [-0.2, -0.15) is 0 Å². The summed E-state index contributed by atoms with van der Waals surface area (Å²) in [6.45, 7) is 5.94. The fourth-order valence-electron chi connectivity index (χ4n) is 1.92. The Labute approximate surface area is 99.3 Å². The van der Waals surface area contributed by atoms with Crippen molar-refractivity contribution in [3.63, 3.8) is 0 Å². The van der Waals surface area contributed by atoms with Crippen LogP contribution in [0, 0.1) is 0 Å². The third kappa shape index (κ3) is 6.43. The van der Waals surface area contributed by atoms with Crippen LogP contribution in [0.3, 0.4) is 0 Å². The van der Waals surface area contributed by atoms with E-state index in [0.29, 0.717) is 6.04 Å². The SMILES string of the molecule is COCCN(C)CCCNC1CCOCC1. The molecule has 0 aliphatic carbocycles. The van der Waals surface area contributed by atoms with Crippen molar-refractivity contribution >= 4 is 0 Å². The topological polar surface area (TPSA) is 33.7 Å². The Bertz CT molecular complexity index is 161. The fraction of sp³-hybridized carbons (Fsp3) is 1.00. The molecule has 4 heteroatoms. The largest absolute Gasteiger partial charge is 0.383 e. The molecule has 96 valence electrons. The normalized spacial score (nSPS) is 18.2. The van der Waals surface area contributed by atoms with E-state index in [2.05, 4.69) is 17.3 Å². The van der Waals surface area contributed by atoms with Crippen LogP contribution >= 0.6 is 0 Å². The minimum absolute atomic E-state index is 0.679. The van der Waals surface area contributed by atoms with Crippen molar-refractivity contribution in [3.8, 4) is 0 Å². The van der Waals surface area contributed by atoms with E-state index in [-0.39, 0.29) is 0 Å². The first kappa shape index (κ1) is 13.9. The van der Waals surface area contributed by atoms with Crippen molar-refractivity contribution in [2.75, 3.05) is 53.6 Å². The first-order valence-corrected chi connectivity index (χ1v) is 6.31. The number of rotatable bonds is 8. The van der Waals surface area contributed by atoms with Crippen molar-refractivity contribution in [1.82, 2.24) is 10.2 Å². The van der Waals surface area contributed by atoms with Crippen molar-refractivity contribution < 1.29 is 9.47 Å². The Hall–Kier alpha value is -0.160. The predicted octanol–water partition coefficient (Wildman–Crippen LogP) is 0.723. The number of nitrogens with one attached hydrogen (secondary N) is 1. The standard InChI is InChI=1S/C12H26N2O2/c1-14(8-11-15-2)7-3-6-13-12-4-9-16-10-5-12/h12-13H,3-11H2,1-2H3. The minimum Gasteiger partial charge on any atom is -0.383 e. The van der Waals surface area contributed by atoms with Gasteiger partial charge in [0, 0.05) is 32.9 Å². The zero-order valence-corrected chi connectivity index (χ0v) is 10.7. The number of likely N-dealkylation sites (N-methyl/N-ethyl adjacent to an activating group) is 1. The Kier molecular flexibility index (Phi) is 7.76. The van der Waals surface area contributed by atoms with Crippen LogP contribution in [0.5, 0.6) is 0 Å². The summed E-state index contributed by atoms with van der Waals surface area (Å²) in [6.07, 6.45) is 3.54. The van der Waals surface area contributed by atoms with E-state index in [1.807, 2.05) is 0 Å². The molecule has 1 fully saturated rings. The summed E-state index contributed by atoms with van der Waals surface area (Å²) in [6, 6.07) is 0.679. The third-order valence-corrected chi connectivity index (χ3v) is 3.05. The lowest BCUT2D eigenvalue weighted by atomic mass is 10.1. The van der Waals surface area contributed by atoms with E-state index in [4.69, 9.17) is 9.47 Å². The van der Waals surface area contributed by atoms with Crippen molar-refractivity contribution in [2.45, 2.75) is 25.3 Å². The molecule has 1 rings (SSSR count). The lowest BCUT2D eigenvalue weighted by Gasteiger charge is -2.23. The van der Waals surface area contributed by atoms with E-state index in [9.17, 15) is 0 Å². The van der Waals surface area contributed by atoms with Crippen LogP contribution in [0.1, 0.15) is 19.3 Å². The van der Waals surface area contributed by atoms with Gasteiger partial charge in [0.25, 0.3) is 0 Å². The van der Waals surface area contributed by atoms with Crippen LogP contribution in [0.4, 0.5) is 0 Å². The summed E-state index contributed by atoms with van der Waals surface area (Å²) in [5, 5.41) is 3.60. The Morgan fingerprint density at radius 1 is 1.31 bits per heavy atom. The summed E-state index contributed by atoms with van der Waals surface area (Å²) < 4.78 is 10.4. The second-order valence-electron chi connectivity index (χ2n) is 4.49. The van der Waals surface area contributed by atoms with Gasteiger partial charge in [0.2, 0.25) is 0 Å². The first-order chi connectivity index (χ1) is 7.83. The molecule has 0 aromatic carbocycles. The zero-order chi connectivity index (χ0) is 11.6. The van der Waals surface area contributed by atoms with Crippen molar-refractivity contribution in [2.24, 2.45) is 0 Å². The molecule has 0 amide bonds. The van der Waals surface area contributed by atoms with Gasteiger partial charge in [-0.3, -0.25) is 0 Å². The maximum atomic E-state index is 5.33. The van der Waals surface area contributed by atoms with Gasteiger partial charge >= 0.3 is 0 Å². The molecular formula is C12H26N2O2. The van der Waals surface area contributed by atoms with Gasteiger partial charge in [0.05, 0.1) is 6.61 Å². The van der Waals surface area contributed by atoms with E-state index < -0.39 is 0 Å². The molecule has 1 saturated heterocycles. The smallest absolute Gasteiger partial charge is 0.0589 e. The Morgan fingerprint density at radius 3 is 2.75 bits per heavy atom. The molecule has 0 spiro atoms. The minimum atomic E-state index is 0.679. The molecule has 4 nitrogen and oxygen atoms in total. The lowest BCUT2D eigenvalue weighted by molar-refractivity contribution is 0.0777. The van der Waals surface area contributed by atoms with Gasteiger partial charge in [-0.1, -0.05) is 0 Å². The highest BCUT2D eigenvalue weighted by Gasteiger charge is 2.12. The third-order valence-electron chi connectivity index (χ3n) is 3.05. The molecule has 0 aromatic rings. The van der Waals surface area contributed by atoms with Crippen LogP contribution in [-0.2, 0) is 9.47 Å². The molecule has 16 heavy (non-hydrogen) atoms. The number of methoxy groups -OCH3 is 1. The molecule has 0 saturated carbocycles. The predicted molar refractivity (Wildman–Crippen MR) is 65.8 cm³/mol. The van der Waals surface area contributed by atoms with Gasteiger partial charge < -0.3 is 19.7 Å². The molecule has 1 aliphatic heterocycles. The summed E-state index contributed by atoms with van der Waals surface area (Å²) in [5.74, 6) is 0. The Balaban J connectivity index is 1.90. The highest BCUT2D eigenvalue weighted by atomic mass is 16.5. The van der Waals surface area contributed by atoms with Crippen LogP contribution in [0.25, 0.3) is 0 Å². The monoisotopic (exact) mass is 230 g/mol. The van der Waals surface area contributed by atoms with E-state index >= 15 is 0 Å². The van der Waals surface area contributed by atoms with Gasteiger partial charge in [0.15, 0.2) is 0 Å².